The molecule has 2 N–H and O–H groups in total. The zero-order valence-electron chi connectivity index (χ0n) is 11.1. The Kier molecular flexibility index (Phi) is 4.61. The predicted octanol–water partition coefficient (Wildman–Crippen LogP) is 1.12. The molecule has 0 radical (unpaired) electrons. The number of nitrogens with two attached hydrogens (primary N) is 1. The number of aromatic nitrogens is 1. The molecule has 1 aliphatic heterocycles. The van der Waals surface area contributed by atoms with Gasteiger partial charge in [0.25, 0.3) is 0 Å². The Morgan fingerprint density at radius 1 is 1.47 bits per heavy atom. The van der Waals surface area contributed by atoms with E-state index in [0.717, 1.165) is 18.8 Å². The molecular formula is C13H19ClN4O. The molecule has 6 heteroatoms. The number of hydrogen-bond donors (Lipinski definition) is 1. The van der Waals surface area contributed by atoms with Crippen LogP contribution in [0.3, 0.4) is 0 Å². The first kappa shape index (κ1) is 14.1. The first-order chi connectivity index (χ1) is 9.13. The maximum atomic E-state index is 12.0. The van der Waals surface area contributed by atoms with Crippen LogP contribution in [0.5, 0.6) is 0 Å². The van der Waals surface area contributed by atoms with Crippen LogP contribution in [-0.4, -0.2) is 48.0 Å². The number of anilines is 1. The molecule has 0 bridgehead atoms. The minimum atomic E-state index is -0.379. The standard InChI is InChI=1S/C13H19ClN4O/c1-2-11(15)13(19)18-7-5-17(6-8-18)12-3-4-16-9-10(12)14/h3-4,9,11H,2,5-8,15H2,1H3/t11-/m1/s1. The third-order valence-corrected chi connectivity index (χ3v) is 3.73. The molecule has 1 aromatic rings. The molecule has 19 heavy (non-hydrogen) atoms. The summed E-state index contributed by atoms with van der Waals surface area (Å²) in [6, 6.07) is 1.52. The molecule has 0 aromatic carbocycles. The van der Waals surface area contributed by atoms with Crippen molar-refractivity contribution in [2.45, 2.75) is 19.4 Å². The molecular weight excluding hydrogens is 264 g/mol. The summed E-state index contributed by atoms with van der Waals surface area (Å²) >= 11 is 6.12. The summed E-state index contributed by atoms with van der Waals surface area (Å²) in [6.07, 6.45) is 4.04. The van der Waals surface area contributed by atoms with Crippen LogP contribution in [0.1, 0.15) is 13.3 Å². The van der Waals surface area contributed by atoms with Crippen molar-refractivity contribution in [2.24, 2.45) is 5.73 Å². The van der Waals surface area contributed by atoms with Gasteiger partial charge in [0.15, 0.2) is 0 Å². The third kappa shape index (κ3) is 3.16. The molecule has 1 aromatic heterocycles. The van der Waals surface area contributed by atoms with Gasteiger partial charge >= 0.3 is 0 Å². The highest BCUT2D eigenvalue weighted by Gasteiger charge is 2.25. The van der Waals surface area contributed by atoms with Gasteiger partial charge < -0.3 is 15.5 Å². The highest BCUT2D eigenvalue weighted by atomic mass is 35.5. The minimum absolute atomic E-state index is 0.0444. The molecule has 104 valence electrons. The van der Waals surface area contributed by atoms with Crippen molar-refractivity contribution in [2.75, 3.05) is 31.1 Å². The third-order valence-electron chi connectivity index (χ3n) is 3.44. The SMILES string of the molecule is CC[C@@H](N)C(=O)N1CCN(c2ccncc2Cl)CC1. The molecule has 1 atom stereocenters. The Bertz CT molecular complexity index is 446. The number of rotatable bonds is 3. The van der Waals surface area contributed by atoms with Crippen LogP contribution in [0.2, 0.25) is 5.02 Å². The van der Waals surface area contributed by atoms with E-state index in [1.54, 1.807) is 12.4 Å². The first-order valence-electron chi connectivity index (χ1n) is 6.52. The number of halogens is 1. The quantitative estimate of drug-likeness (QED) is 0.902. The zero-order valence-corrected chi connectivity index (χ0v) is 11.8. The van der Waals surface area contributed by atoms with Crippen molar-refractivity contribution in [3.05, 3.63) is 23.5 Å². The lowest BCUT2D eigenvalue weighted by atomic mass is 10.2. The van der Waals surface area contributed by atoms with E-state index in [4.69, 9.17) is 17.3 Å². The predicted molar refractivity (Wildman–Crippen MR) is 76.3 cm³/mol. The molecule has 1 aliphatic rings. The molecule has 1 amide bonds. The van der Waals surface area contributed by atoms with Gasteiger partial charge in [0.05, 0.1) is 16.8 Å². The molecule has 5 nitrogen and oxygen atoms in total. The lowest BCUT2D eigenvalue weighted by molar-refractivity contribution is -0.132. The summed E-state index contributed by atoms with van der Waals surface area (Å²) in [5, 5.41) is 0.646. The average molecular weight is 283 g/mol. The maximum Gasteiger partial charge on any atom is 0.239 e. The topological polar surface area (TPSA) is 62.5 Å². The van der Waals surface area contributed by atoms with Gasteiger partial charge in [-0.2, -0.15) is 0 Å². The van der Waals surface area contributed by atoms with E-state index >= 15 is 0 Å². The molecule has 2 heterocycles. The molecule has 1 saturated heterocycles. The summed E-state index contributed by atoms with van der Waals surface area (Å²) in [5.74, 6) is 0.0444. The van der Waals surface area contributed by atoms with E-state index in [-0.39, 0.29) is 11.9 Å². The largest absolute Gasteiger partial charge is 0.367 e. The van der Waals surface area contributed by atoms with Crippen LogP contribution in [-0.2, 0) is 4.79 Å². The summed E-state index contributed by atoms with van der Waals surface area (Å²) in [6.45, 7) is 4.84. The Hall–Kier alpha value is -1.33. The Labute approximate surface area is 118 Å². The van der Waals surface area contributed by atoms with Gasteiger partial charge in [-0.25, -0.2) is 0 Å². The first-order valence-corrected chi connectivity index (χ1v) is 6.90. The fraction of sp³-hybridized carbons (Fsp3) is 0.538. The number of amides is 1. The number of piperazine rings is 1. The van der Waals surface area contributed by atoms with E-state index in [0.29, 0.717) is 24.5 Å². The van der Waals surface area contributed by atoms with Crippen molar-refractivity contribution in [3.63, 3.8) is 0 Å². The van der Waals surface area contributed by atoms with Crippen LogP contribution in [0, 0.1) is 0 Å². The smallest absolute Gasteiger partial charge is 0.239 e. The van der Waals surface area contributed by atoms with Gasteiger partial charge in [-0.3, -0.25) is 9.78 Å². The molecule has 0 unspecified atom stereocenters. The Morgan fingerprint density at radius 2 is 2.16 bits per heavy atom. The number of pyridine rings is 1. The van der Waals surface area contributed by atoms with Crippen molar-refractivity contribution in [1.29, 1.82) is 0 Å². The fourth-order valence-corrected chi connectivity index (χ4v) is 2.44. The van der Waals surface area contributed by atoms with Crippen molar-refractivity contribution < 1.29 is 4.79 Å². The van der Waals surface area contributed by atoms with Gasteiger partial charge in [-0.15, -0.1) is 0 Å². The lowest BCUT2D eigenvalue weighted by Crippen LogP contribution is -2.53. The van der Waals surface area contributed by atoms with Crippen LogP contribution >= 0.6 is 11.6 Å². The Morgan fingerprint density at radius 3 is 2.74 bits per heavy atom. The summed E-state index contributed by atoms with van der Waals surface area (Å²) in [5.41, 5.74) is 6.76. The summed E-state index contributed by atoms with van der Waals surface area (Å²) in [4.78, 5) is 20.0. The van der Waals surface area contributed by atoms with E-state index in [1.807, 2.05) is 17.9 Å². The maximum absolute atomic E-state index is 12.0. The van der Waals surface area contributed by atoms with E-state index in [9.17, 15) is 4.79 Å². The lowest BCUT2D eigenvalue weighted by Gasteiger charge is -2.37. The number of carbonyl (C=O) groups excluding carboxylic acids is 1. The Balaban J connectivity index is 1.96. The average Bonchev–Trinajstić information content (AvgIpc) is 2.46. The van der Waals surface area contributed by atoms with Crippen molar-refractivity contribution in [3.8, 4) is 0 Å². The highest BCUT2D eigenvalue weighted by Crippen LogP contribution is 2.25. The highest BCUT2D eigenvalue weighted by molar-refractivity contribution is 6.33. The van der Waals surface area contributed by atoms with E-state index < -0.39 is 0 Å². The normalized spacial score (nSPS) is 17.4. The van der Waals surface area contributed by atoms with Gasteiger partial charge in [0.1, 0.15) is 0 Å². The molecule has 1 fully saturated rings. The molecule has 2 rings (SSSR count). The van der Waals surface area contributed by atoms with Crippen LogP contribution < -0.4 is 10.6 Å². The van der Waals surface area contributed by atoms with Gasteiger partial charge in [-0.1, -0.05) is 18.5 Å². The molecule has 0 saturated carbocycles. The van der Waals surface area contributed by atoms with Gasteiger partial charge in [0, 0.05) is 38.6 Å². The number of carbonyl (C=O) groups is 1. The van der Waals surface area contributed by atoms with E-state index in [2.05, 4.69) is 9.88 Å². The fourth-order valence-electron chi connectivity index (χ4n) is 2.20. The second-order valence-corrected chi connectivity index (χ2v) is 5.06. The summed E-state index contributed by atoms with van der Waals surface area (Å²) < 4.78 is 0. The summed E-state index contributed by atoms with van der Waals surface area (Å²) in [7, 11) is 0. The van der Waals surface area contributed by atoms with Crippen LogP contribution in [0.15, 0.2) is 18.5 Å². The monoisotopic (exact) mass is 282 g/mol. The van der Waals surface area contributed by atoms with Gasteiger partial charge in [-0.05, 0) is 12.5 Å². The second kappa shape index (κ2) is 6.21. The van der Waals surface area contributed by atoms with Crippen LogP contribution in [0.4, 0.5) is 5.69 Å². The second-order valence-electron chi connectivity index (χ2n) is 4.65. The van der Waals surface area contributed by atoms with Crippen molar-refractivity contribution >= 4 is 23.2 Å². The number of nitrogens with zero attached hydrogens (tertiary/aromatic N) is 3. The van der Waals surface area contributed by atoms with Crippen LogP contribution in [0.25, 0.3) is 0 Å². The minimum Gasteiger partial charge on any atom is -0.367 e. The van der Waals surface area contributed by atoms with Gasteiger partial charge in [0.2, 0.25) is 5.91 Å². The van der Waals surface area contributed by atoms with Crippen molar-refractivity contribution in [1.82, 2.24) is 9.88 Å². The molecule has 0 aliphatic carbocycles. The zero-order chi connectivity index (χ0) is 13.8. The number of hydrogen-bond acceptors (Lipinski definition) is 4. The van der Waals surface area contributed by atoms with E-state index in [1.165, 1.54) is 0 Å². The molecule has 0 spiro atoms.